The smallest absolute Gasteiger partial charge is 0.269 e. The van der Waals surface area contributed by atoms with Crippen molar-refractivity contribution in [2.45, 2.75) is 24.4 Å². The highest BCUT2D eigenvalue weighted by Gasteiger charge is 2.15. The number of non-ortho nitro benzene ring substituents is 1. The van der Waals surface area contributed by atoms with Crippen LogP contribution in [0.5, 0.6) is 0 Å². The van der Waals surface area contributed by atoms with E-state index in [4.69, 9.17) is 11.6 Å². The van der Waals surface area contributed by atoms with Crippen LogP contribution in [0.15, 0.2) is 53.7 Å². The fourth-order valence-corrected chi connectivity index (χ4v) is 3.56. The third-order valence-corrected chi connectivity index (χ3v) is 5.03. The van der Waals surface area contributed by atoms with Crippen molar-refractivity contribution in [1.29, 1.82) is 0 Å². The fourth-order valence-electron chi connectivity index (χ4n) is 2.38. The molecule has 1 aromatic heterocycles. The van der Waals surface area contributed by atoms with Crippen LogP contribution in [-0.2, 0) is 12.3 Å². The van der Waals surface area contributed by atoms with Crippen molar-refractivity contribution in [2.24, 2.45) is 0 Å². The summed E-state index contributed by atoms with van der Waals surface area (Å²) >= 11 is 7.80. The summed E-state index contributed by atoms with van der Waals surface area (Å²) in [5.74, 6) is 1.39. The van der Waals surface area contributed by atoms with Crippen LogP contribution in [0.1, 0.15) is 12.5 Å². The van der Waals surface area contributed by atoms with E-state index in [1.165, 1.54) is 23.9 Å². The average Bonchev–Trinajstić information content (AvgIpc) is 3.03. The Kier molecular flexibility index (Phi) is 5.35. The van der Waals surface area contributed by atoms with Crippen molar-refractivity contribution in [1.82, 2.24) is 14.8 Å². The molecule has 6 nitrogen and oxygen atoms in total. The second kappa shape index (κ2) is 7.67. The van der Waals surface area contributed by atoms with Gasteiger partial charge in [-0.2, -0.15) is 0 Å². The molecular weight excluding hydrogens is 360 g/mol. The third-order valence-electron chi connectivity index (χ3n) is 3.66. The number of nitro groups is 1. The predicted molar refractivity (Wildman–Crippen MR) is 98.8 cm³/mol. The van der Waals surface area contributed by atoms with Gasteiger partial charge in [0.2, 0.25) is 0 Å². The van der Waals surface area contributed by atoms with Crippen LogP contribution >= 0.6 is 23.4 Å². The number of benzene rings is 2. The number of halogens is 1. The zero-order valence-electron chi connectivity index (χ0n) is 13.4. The molecule has 2 aromatic carbocycles. The molecule has 0 amide bonds. The molecule has 0 N–H and O–H groups in total. The zero-order valence-corrected chi connectivity index (χ0v) is 15.0. The monoisotopic (exact) mass is 374 g/mol. The number of nitro benzene ring substituents is 1. The number of hydrogen-bond acceptors (Lipinski definition) is 5. The molecular formula is C17H15ClN4O2S. The van der Waals surface area contributed by atoms with E-state index >= 15 is 0 Å². The highest BCUT2D eigenvalue weighted by atomic mass is 35.5. The first-order valence-electron chi connectivity index (χ1n) is 7.64. The van der Waals surface area contributed by atoms with Gasteiger partial charge in [-0.15, -0.1) is 10.2 Å². The lowest BCUT2D eigenvalue weighted by Crippen LogP contribution is -2.00. The Morgan fingerprint density at radius 1 is 1.16 bits per heavy atom. The Bertz CT molecular complexity index is 896. The molecule has 25 heavy (non-hydrogen) atoms. The minimum absolute atomic E-state index is 0.0893. The fraction of sp³-hybridized carbons (Fsp3) is 0.176. The molecule has 0 unspecified atom stereocenters. The summed E-state index contributed by atoms with van der Waals surface area (Å²) in [5.41, 5.74) is 1.92. The Hall–Kier alpha value is -2.38. The molecule has 0 fully saturated rings. The first-order valence-corrected chi connectivity index (χ1v) is 9.00. The standard InChI is InChI=1S/C17H15ClN4O2S/c1-2-21-16(14-5-3-4-6-15(14)18)19-20-17(21)25-11-12-7-9-13(10-8-12)22(23)24/h3-10H,2,11H2,1H3. The lowest BCUT2D eigenvalue weighted by atomic mass is 10.2. The molecule has 0 spiro atoms. The van der Waals surface area contributed by atoms with Crippen molar-refractivity contribution >= 4 is 29.1 Å². The van der Waals surface area contributed by atoms with Crippen molar-refractivity contribution in [3.05, 3.63) is 69.2 Å². The van der Waals surface area contributed by atoms with Crippen LogP contribution < -0.4 is 0 Å². The summed E-state index contributed by atoms with van der Waals surface area (Å²) in [6.45, 7) is 2.75. The summed E-state index contributed by atoms with van der Waals surface area (Å²) in [5, 5.41) is 20.7. The van der Waals surface area contributed by atoms with E-state index in [1.807, 2.05) is 35.8 Å². The number of rotatable bonds is 6. The second-order valence-electron chi connectivity index (χ2n) is 5.24. The summed E-state index contributed by atoms with van der Waals surface area (Å²) < 4.78 is 2.01. The zero-order chi connectivity index (χ0) is 17.8. The van der Waals surface area contributed by atoms with E-state index in [1.54, 1.807) is 12.1 Å². The molecule has 3 aromatic rings. The quantitative estimate of drug-likeness (QED) is 0.351. The number of nitrogens with zero attached hydrogens (tertiary/aromatic N) is 4. The van der Waals surface area contributed by atoms with Gasteiger partial charge < -0.3 is 4.57 Å². The maximum atomic E-state index is 10.7. The average molecular weight is 375 g/mol. The molecule has 128 valence electrons. The SMILES string of the molecule is CCn1c(SCc2ccc([N+](=O)[O-])cc2)nnc1-c1ccccc1Cl. The molecule has 8 heteroatoms. The van der Waals surface area contributed by atoms with Gasteiger partial charge in [0.25, 0.3) is 5.69 Å². The molecule has 3 rings (SSSR count). The van der Waals surface area contributed by atoms with Gasteiger partial charge in [0.15, 0.2) is 11.0 Å². The van der Waals surface area contributed by atoms with E-state index < -0.39 is 4.92 Å². The molecule has 0 radical (unpaired) electrons. The van der Waals surface area contributed by atoms with E-state index in [2.05, 4.69) is 10.2 Å². The van der Waals surface area contributed by atoms with E-state index in [0.717, 1.165) is 28.7 Å². The lowest BCUT2D eigenvalue weighted by molar-refractivity contribution is -0.384. The van der Waals surface area contributed by atoms with Gasteiger partial charge in [0, 0.05) is 30.0 Å². The highest BCUT2D eigenvalue weighted by Crippen LogP contribution is 2.30. The van der Waals surface area contributed by atoms with Gasteiger partial charge in [0.05, 0.1) is 9.95 Å². The van der Waals surface area contributed by atoms with Crippen molar-refractivity contribution in [3.63, 3.8) is 0 Å². The number of aromatic nitrogens is 3. The summed E-state index contributed by atoms with van der Waals surface area (Å²) in [4.78, 5) is 10.3. The molecule has 0 aliphatic rings. The van der Waals surface area contributed by atoms with Crippen molar-refractivity contribution in [3.8, 4) is 11.4 Å². The summed E-state index contributed by atoms with van der Waals surface area (Å²) in [7, 11) is 0. The molecule has 0 atom stereocenters. The highest BCUT2D eigenvalue weighted by molar-refractivity contribution is 7.98. The Labute approximate surface area is 154 Å². The van der Waals surface area contributed by atoms with E-state index in [9.17, 15) is 10.1 Å². The second-order valence-corrected chi connectivity index (χ2v) is 6.59. The first-order chi connectivity index (χ1) is 12.1. The normalized spacial score (nSPS) is 10.8. The van der Waals surface area contributed by atoms with Gasteiger partial charge >= 0.3 is 0 Å². The number of thioether (sulfide) groups is 1. The van der Waals surface area contributed by atoms with Crippen LogP contribution in [0.2, 0.25) is 5.02 Å². The lowest BCUT2D eigenvalue weighted by Gasteiger charge is -2.08. The van der Waals surface area contributed by atoms with Gasteiger partial charge in [-0.05, 0) is 24.6 Å². The third kappa shape index (κ3) is 3.83. The van der Waals surface area contributed by atoms with Gasteiger partial charge in [-0.3, -0.25) is 10.1 Å². The van der Waals surface area contributed by atoms with Gasteiger partial charge in [-0.25, -0.2) is 0 Å². The maximum Gasteiger partial charge on any atom is 0.269 e. The summed E-state index contributed by atoms with van der Waals surface area (Å²) in [6.07, 6.45) is 0. The molecule has 0 aliphatic carbocycles. The van der Waals surface area contributed by atoms with Crippen LogP contribution in [0.25, 0.3) is 11.4 Å². The minimum Gasteiger partial charge on any atom is -0.302 e. The molecule has 0 saturated carbocycles. The molecule has 0 aliphatic heterocycles. The van der Waals surface area contributed by atoms with Crippen molar-refractivity contribution < 1.29 is 4.92 Å². The van der Waals surface area contributed by atoms with Crippen LogP contribution in [0.3, 0.4) is 0 Å². The molecule has 0 saturated heterocycles. The van der Waals surface area contributed by atoms with Gasteiger partial charge in [0.1, 0.15) is 0 Å². The van der Waals surface area contributed by atoms with E-state index in [0.29, 0.717) is 10.8 Å². The summed E-state index contributed by atoms with van der Waals surface area (Å²) in [6, 6.07) is 14.1. The number of hydrogen-bond donors (Lipinski definition) is 0. The Morgan fingerprint density at radius 2 is 1.88 bits per heavy atom. The molecule has 1 heterocycles. The maximum absolute atomic E-state index is 10.7. The van der Waals surface area contributed by atoms with E-state index in [-0.39, 0.29) is 5.69 Å². The van der Waals surface area contributed by atoms with Crippen molar-refractivity contribution in [2.75, 3.05) is 0 Å². The van der Waals surface area contributed by atoms with Gasteiger partial charge in [-0.1, -0.05) is 47.6 Å². The first kappa shape index (κ1) is 17.4. The predicted octanol–water partition coefficient (Wildman–Crippen LogP) is 4.82. The van der Waals surface area contributed by atoms with Crippen LogP contribution in [0.4, 0.5) is 5.69 Å². The van der Waals surface area contributed by atoms with Crippen LogP contribution in [0, 0.1) is 10.1 Å². The minimum atomic E-state index is -0.402. The largest absolute Gasteiger partial charge is 0.302 e. The Morgan fingerprint density at radius 3 is 2.52 bits per heavy atom. The Balaban J connectivity index is 1.79. The molecule has 0 bridgehead atoms. The van der Waals surface area contributed by atoms with Crippen LogP contribution in [-0.4, -0.2) is 19.7 Å². The topological polar surface area (TPSA) is 73.8 Å².